The average Bonchev–Trinajstić information content (AvgIpc) is 3.36. The minimum Gasteiger partial charge on any atom is -0.309 e. The fourth-order valence-corrected chi connectivity index (χ4v) is 3.52. The van der Waals surface area contributed by atoms with Crippen LogP contribution < -0.4 is 5.32 Å². The van der Waals surface area contributed by atoms with Crippen LogP contribution in [0.3, 0.4) is 0 Å². The number of nitrogens with zero attached hydrogens (tertiary/aromatic N) is 2. The minimum atomic E-state index is 0.0378. The molecule has 0 bridgehead atoms. The number of rotatable bonds is 5. The van der Waals surface area contributed by atoms with E-state index in [1.54, 1.807) is 0 Å². The number of nitrogens with one attached hydrogen (secondary N) is 1. The summed E-state index contributed by atoms with van der Waals surface area (Å²) in [7, 11) is 0. The number of aryl methyl sites for hydroxylation is 1. The number of hydrogen-bond donors (Lipinski definition) is 1. The first-order valence-electron chi connectivity index (χ1n) is 8.75. The van der Waals surface area contributed by atoms with E-state index in [0.29, 0.717) is 23.3 Å². The molecule has 2 unspecified atom stereocenters. The van der Waals surface area contributed by atoms with Crippen LogP contribution in [-0.2, 0) is 11.3 Å². The van der Waals surface area contributed by atoms with Gasteiger partial charge in [0, 0.05) is 22.7 Å². The molecule has 0 saturated heterocycles. The Kier molecular flexibility index (Phi) is 4.51. The third-order valence-electron chi connectivity index (χ3n) is 4.81. The predicted molar refractivity (Wildman–Crippen MR) is 103 cm³/mol. The average molecular weight is 366 g/mol. The molecule has 1 amide bonds. The van der Waals surface area contributed by atoms with Gasteiger partial charge in [-0.05, 0) is 42.5 Å². The monoisotopic (exact) mass is 365 g/mol. The molecule has 0 aliphatic heterocycles. The molecule has 1 aromatic heterocycles. The van der Waals surface area contributed by atoms with Gasteiger partial charge in [-0.1, -0.05) is 54.1 Å². The maximum Gasteiger partial charge on any atom is 0.229 e. The van der Waals surface area contributed by atoms with E-state index in [1.807, 2.05) is 60.1 Å². The second-order valence-electron chi connectivity index (χ2n) is 6.81. The lowest BCUT2D eigenvalue weighted by Gasteiger charge is -2.05. The van der Waals surface area contributed by atoms with Crippen molar-refractivity contribution >= 4 is 23.3 Å². The van der Waals surface area contributed by atoms with Crippen molar-refractivity contribution in [1.29, 1.82) is 0 Å². The van der Waals surface area contributed by atoms with Crippen LogP contribution in [0, 0.1) is 12.8 Å². The SMILES string of the molecule is Cc1cc(NC(=O)C2CC2c2ccccc2)nn1Cc1cccc(Cl)c1. The van der Waals surface area contributed by atoms with E-state index in [4.69, 9.17) is 11.6 Å². The minimum absolute atomic E-state index is 0.0378. The number of carbonyl (C=O) groups is 1. The fraction of sp³-hybridized carbons (Fsp3) is 0.238. The van der Waals surface area contributed by atoms with Crippen LogP contribution in [0.5, 0.6) is 0 Å². The van der Waals surface area contributed by atoms with Gasteiger partial charge in [-0.25, -0.2) is 0 Å². The first kappa shape index (κ1) is 16.9. The molecule has 1 saturated carbocycles. The number of amides is 1. The molecular weight excluding hydrogens is 346 g/mol. The van der Waals surface area contributed by atoms with Gasteiger partial charge in [-0.15, -0.1) is 0 Å². The van der Waals surface area contributed by atoms with Crippen molar-refractivity contribution in [3.8, 4) is 0 Å². The highest BCUT2D eigenvalue weighted by Crippen LogP contribution is 2.47. The first-order chi connectivity index (χ1) is 12.6. The molecule has 1 fully saturated rings. The van der Waals surface area contributed by atoms with Crippen molar-refractivity contribution in [3.63, 3.8) is 0 Å². The maximum absolute atomic E-state index is 12.5. The molecule has 1 N–H and O–H groups in total. The molecule has 132 valence electrons. The van der Waals surface area contributed by atoms with Crippen LogP contribution in [0.4, 0.5) is 5.82 Å². The zero-order valence-electron chi connectivity index (χ0n) is 14.5. The largest absolute Gasteiger partial charge is 0.309 e. The van der Waals surface area contributed by atoms with Gasteiger partial charge in [0.05, 0.1) is 6.54 Å². The van der Waals surface area contributed by atoms with Crippen molar-refractivity contribution < 1.29 is 4.79 Å². The highest BCUT2D eigenvalue weighted by atomic mass is 35.5. The Morgan fingerprint density at radius 3 is 2.77 bits per heavy atom. The van der Waals surface area contributed by atoms with Gasteiger partial charge in [0.2, 0.25) is 5.91 Å². The third kappa shape index (κ3) is 3.65. The summed E-state index contributed by atoms with van der Waals surface area (Å²) in [5, 5.41) is 8.20. The van der Waals surface area contributed by atoms with Crippen molar-refractivity contribution in [1.82, 2.24) is 9.78 Å². The summed E-state index contributed by atoms with van der Waals surface area (Å²) in [4.78, 5) is 12.5. The van der Waals surface area contributed by atoms with Crippen LogP contribution in [-0.4, -0.2) is 15.7 Å². The molecule has 1 aliphatic carbocycles. The molecule has 26 heavy (non-hydrogen) atoms. The second kappa shape index (κ2) is 6.96. The van der Waals surface area contributed by atoms with E-state index in [-0.39, 0.29) is 11.8 Å². The van der Waals surface area contributed by atoms with E-state index in [2.05, 4.69) is 22.5 Å². The number of aromatic nitrogens is 2. The van der Waals surface area contributed by atoms with Gasteiger partial charge in [0.25, 0.3) is 0 Å². The van der Waals surface area contributed by atoms with Gasteiger partial charge in [0.15, 0.2) is 5.82 Å². The number of halogens is 1. The van der Waals surface area contributed by atoms with E-state index >= 15 is 0 Å². The molecule has 4 rings (SSSR count). The molecule has 1 aliphatic rings. The lowest BCUT2D eigenvalue weighted by atomic mass is 10.1. The first-order valence-corrected chi connectivity index (χ1v) is 9.12. The van der Waals surface area contributed by atoms with Crippen LogP contribution in [0.1, 0.15) is 29.2 Å². The van der Waals surface area contributed by atoms with Crippen LogP contribution in [0.2, 0.25) is 5.02 Å². The lowest BCUT2D eigenvalue weighted by molar-refractivity contribution is -0.117. The van der Waals surface area contributed by atoms with Crippen LogP contribution in [0.15, 0.2) is 60.7 Å². The van der Waals surface area contributed by atoms with Gasteiger partial charge in [-0.2, -0.15) is 5.10 Å². The standard InChI is InChI=1S/C21H20ClN3O/c1-14-10-20(24-25(14)13-15-6-5-9-17(22)11-15)23-21(26)19-12-18(19)16-7-3-2-4-8-16/h2-11,18-19H,12-13H2,1H3,(H,23,24,26). The summed E-state index contributed by atoms with van der Waals surface area (Å²) in [6.07, 6.45) is 0.901. The molecule has 1 heterocycles. The van der Waals surface area contributed by atoms with E-state index in [9.17, 15) is 4.79 Å². The molecule has 2 atom stereocenters. The Bertz CT molecular complexity index is 935. The Labute approximate surface area is 157 Å². The summed E-state index contributed by atoms with van der Waals surface area (Å²) in [6, 6.07) is 19.8. The van der Waals surface area contributed by atoms with Gasteiger partial charge < -0.3 is 5.32 Å². The maximum atomic E-state index is 12.5. The number of hydrogen-bond acceptors (Lipinski definition) is 2. The van der Waals surface area contributed by atoms with Crippen molar-refractivity contribution in [3.05, 3.63) is 82.5 Å². The topological polar surface area (TPSA) is 46.9 Å². The van der Waals surface area contributed by atoms with Gasteiger partial charge in [0.1, 0.15) is 0 Å². The van der Waals surface area contributed by atoms with E-state index in [0.717, 1.165) is 17.7 Å². The molecule has 3 aromatic rings. The Morgan fingerprint density at radius 1 is 1.19 bits per heavy atom. The molecule has 4 nitrogen and oxygen atoms in total. The highest BCUT2D eigenvalue weighted by molar-refractivity contribution is 6.30. The zero-order chi connectivity index (χ0) is 18.1. The van der Waals surface area contributed by atoms with Gasteiger partial charge >= 0.3 is 0 Å². The molecule has 5 heteroatoms. The smallest absolute Gasteiger partial charge is 0.229 e. The molecule has 2 aromatic carbocycles. The van der Waals surface area contributed by atoms with Crippen molar-refractivity contribution in [2.75, 3.05) is 5.32 Å². The van der Waals surface area contributed by atoms with Crippen LogP contribution >= 0.6 is 11.6 Å². The Morgan fingerprint density at radius 2 is 2.00 bits per heavy atom. The summed E-state index contributed by atoms with van der Waals surface area (Å²) < 4.78 is 1.88. The van der Waals surface area contributed by atoms with Crippen LogP contribution in [0.25, 0.3) is 0 Å². The Hall–Kier alpha value is -2.59. The summed E-state index contributed by atoms with van der Waals surface area (Å²) >= 11 is 6.04. The van der Waals surface area contributed by atoms with Gasteiger partial charge in [-0.3, -0.25) is 9.48 Å². The molecular formula is C21H20ClN3O. The number of benzene rings is 2. The number of carbonyl (C=O) groups excluding carboxylic acids is 1. The third-order valence-corrected chi connectivity index (χ3v) is 5.04. The molecule has 0 spiro atoms. The number of anilines is 1. The summed E-state index contributed by atoms with van der Waals surface area (Å²) in [5.41, 5.74) is 3.30. The quantitative estimate of drug-likeness (QED) is 0.716. The summed E-state index contributed by atoms with van der Waals surface area (Å²) in [5.74, 6) is 1.01. The lowest BCUT2D eigenvalue weighted by Crippen LogP contribution is -2.15. The van der Waals surface area contributed by atoms with E-state index < -0.39 is 0 Å². The van der Waals surface area contributed by atoms with Crippen molar-refractivity contribution in [2.24, 2.45) is 5.92 Å². The predicted octanol–water partition coefficient (Wildman–Crippen LogP) is 4.64. The normalized spacial score (nSPS) is 18.5. The zero-order valence-corrected chi connectivity index (χ0v) is 15.3. The highest BCUT2D eigenvalue weighted by Gasteiger charge is 2.44. The summed E-state index contributed by atoms with van der Waals surface area (Å²) in [6.45, 7) is 2.61. The van der Waals surface area contributed by atoms with E-state index in [1.165, 1.54) is 5.56 Å². The fourth-order valence-electron chi connectivity index (χ4n) is 3.31. The van der Waals surface area contributed by atoms with Crippen molar-refractivity contribution in [2.45, 2.75) is 25.8 Å². The Balaban J connectivity index is 1.41. The molecule has 0 radical (unpaired) electrons. The second-order valence-corrected chi connectivity index (χ2v) is 7.24.